The molecule has 0 bridgehead atoms. The van der Waals surface area contributed by atoms with Gasteiger partial charge in [0.25, 0.3) is 5.91 Å². The summed E-state index contributed by atoms with van der Waals surface area (Å²) in [4.78, 5) is 24.8. The van der Waals surface area contributed by atoms with E-state index in [2.05, 4.69) is 11.2 Å². The van der Waals surface area contributed by atoms with E-state index < -0.39 is 16.9 Å². The van der Waals surface area contributed by atoms with Crippen LogP contribution in [-0.4, -0.2) is 47.4 Å². The molecule has 174 valence electrons. The van der Waals surface area contributed by atoms with Crippen molar-refractivity contribution in [2.75, 3.05) is 20.3 Å². The van der Waals surface area contributed by atoms with Gasteiger partial charge in [-0.2, -0.15) is 0 Å². The molecule has 1 aromatic heterocycles. The van der Waals surface area contributed by atoms with Crippen LogP contribution in [0.1, 0.15) is 31.3 Å². The summed E-state index contributed by atoms with van der Waals surface area (Å²) >= 11 is 6.43. The third-order valence-electron chi connectivity index (χ3n) is 6.25. The van der Waals surface area contributed by atoms with Crippen LogP contribution in [0, 0.1) is 17.8 Å². The first-order chi connectivity index (χ1) is 15.5. The molecule has 1 aliphatic heterocycles. The summed E-state index contributed by atoms with van der Waals surface area (Å²) in [6, 6.07) is 5.34. The van der Waals surface area contributed by atoms with E-state index in [9.17, 15) is 14.7 Å². The number of methoxy groups -OCH3 is 1. The molecule has 8 heteroatoms. The molecule has 1 aromatic carbocycles. The summed E-state index contributed by atoms with van der Waals surface area (Å²) in [7, 11) is 3.33. The molecule has 2 heterocycles. The summed E-state index contributed by atoms with van der Waals surface area (Å²) in [5.41, 5.74) is 0.434. The van der Waals surface area contributed by atoms with Gasteiger partial charge in [0.1, 0.15) is 17.0 Å². The van der Waals surface area contributed by atoms with Gasteiger partial charge in [-0.25, -0.2) is 0 Å². The maximum Gasteiger partial charge on any atom is 0.314 e. The molecular formula is C25H27ClN2O5. The summed E-state index contributed by atoms with van der Waals surface area (Å²) in [6.07, 6.45) is 8.91. The van der Waals surface area contributed by atoms with Crippen molar-refractivity contribution < 1.29 is 24.2 Å². The van der Waals surface area contributed by atoms with Crippen LogP contribution in [0.5, 0.6) is 5.75 Å². The number of halogens is 1. The summed E-state index contributed by atoms with van der Waals surface area (Å²) < 4.78 is 12.5. The number of amides is 1. The Hall–Kier alpha value is -3.21. The fourth-order valence-electron chi connectivity index (χ4n) is 3.64. The van der Waals surface area contributed by atoms with E-state index in [0.29, 0.717) is 40.6 Å². The average Bonchev–Trinajstić information content (AvgIpc) is 3.08. The third-order valence-corrected chi connectivity index (χ3v) is 6.64. The van der Waals surface area contributed by atoms with E-state index in [-0.39, 0.29) is 5.91 Å². The number of aromatic nitrogens is 1. The highest BCUT2D eigenvalue weighted by Gasteiger charge is 2.42. The van der Waals surface area contributed by atoms with Gasteiger partial charge in [0.05, 0.1) is 36.3 Å². The molecule has 2 aromatic rings. The van der Waals surface area contributed by atoms with Crippen molar-refractivity contribution in [3.8, 4) is 18.1 Å². The molecule has 33 heavy (non-hydrogen) atoms. The van der Waals surface area contributed by atoms with Gasteiger partial charge in [0, 0.05) is 18.0 Å². The van der Waals surface area contributed by atoms with Crippen molar-refractivity contribution in [1.82, 2.24) is 9.88 Å². The number of rotatable bonds is 7. The van der Waals surface area contributed by atoms with Crippen molar-refractivity contribution in [1.29, 1.82) is 0 Å². The highest BCUT2D eigenvalue weighted by atomic mass is 35.5. The second kappa shape index (κ2) is 8.97. The molecule has 0 aliphatic carbocycles. The molecule has 0 saturated carbocycles. The van der Waals surface area contributed by atoms with E-state index in [4.69, 9.17) is 27.5 Å². The Morgan fingerprint density at radius 3 is 2.55 bits per heavy atom. The van der Waals surface area contributed by atoms with E-state index in [1.165, 1.54) is 7.11 Å². The molecule has 2 N–H and O–H groups in total. The maximum atomic E-state index is 13.2. The molecule has 1 fully saturated rings. The minimum absolute atomic E-state index is 0.285. The number of fused-ring (bicyclic) bond motifs is 1. The fourth-order valence-corrected chi connectivity index (χ4v) is 3.93. The monoisotopic (exact) mass is 470 g/mol. The first kappa shape index (κ1) is 24.4. The Labute approximate surface area is 198 Å². The molecule has 0 atom stereocenters. The van der Waals surface area contributed by atoms with Crippen LogP contribution in [0.25, 0.3) is 10.9 Å². The SMILES string of the molecule is C#C/C(=C\C=C(/C)C1(NC(=O)c2cc3c(Cl)c(OC)ccc3n2C)COC1)C(C)(C)C(=O)O. The summed E-state index contributed by atoms with van der Waals surface area (Å²) in [5.74, 6) is 1.69. The van der Waals surface area contributed by atoms with Gasteiger partial charge < -0.3 is 24.5 Å². The first-order valence-electron chi connectivity index (χ1n) is 10.3. The molecule has 1 amide bonds. The molecule has 0 radical (unpaired) electrons. The van der Waals surface area contributed by atoms with Gasteiger partial charge >= 0.3 is 5.97 Å². The Bertz CT molecular complexity index is 1230. The van der Waals surface area contributed by atoms with Crippen molar-refractivity contribution in [3.05, 3.63) is 52.2 Å². The van der Waals surface area contributed by atoms with Gasteiger partial charge in [-0.3, -0.25) is 9.59 Å². The van der Waals surface area contributed by atoms with Crippen molar-refractivity contribution in [2.45, 2.75) is 26.3 Å². The van der Waals surface area contributed by atoms with E-state index in [0.717, 1.165) is 11.1 Å². The van der Waals surface area contributed by atoms with Crippen LogP contribution in [0.15, 0.2) is 41.5 Å². The lowest BCUT2D eigenvalue weighted by molar-refractivity contribution is -0.144. The highest BCUT2D eigenvalue weighted by Crippen LogP contribution is 2.35. The molecule has 7 nitrogen and oxygen atoms in total. The Morgan fingerprint density at radius 1 is 1.36 bits per heavy atom. The zero-order valence-corrected chi connectivity index (χ0v) is 20.0. The van der Waals surface area contributed by atoms with Gasteiger partial charge in [-0.05, 0) is 50.6 Å². The molecule has 1 saturated heterocycles. The minimum atomic E-state index is -1.21. The van der Waals surface area contributed by atoms with E-state index >= 15 is 0 Å². The zero-order valence-electron chi connectivity index (χ0n) is 19.3. The summed E-state index contributed by atoms with van der Waals surface area (Å²) in [5, 5.41) is 13.7. The Morgan fingerprint density at radius 2 is 2.03 bits per heavy atom. The second-order valence-corrected chi connectivity index (χ2v) is 9.01. The number of nitrogens with one attached hydrogen (secondary N) is 1. The second-order valence-electron chi connectivity index (χ2n) is 8.64. The zero-order chi connectivity index (χ0) is 24.6. The van der Waals surface area contributed by atoms with Gasteiger partial charge in [-0.1, -0.05) is 23.6 Å². The molecule has 0 unspecified atom stereocenters. The first-order valence-corrected chi connectivity index (χ1v) is 10.7. The number of carbonyl (C=O) groups excluding carboxylic acids is 1. The standard InChI is InChI=1S/C25H27ClN2O5/c1-7-16(24(3,4)23(30)31)9-8-15(2)25(13-33-14-25)27-22(29)19-12-17-18(28(19)5)10-11-20(32-6)21(17)26/h1,8-12H,13-14H2,2-6H3,(H,27,29)(H,30,31)/b15-8+,16-9+. The lowest BCUT2D eigenvalue weighted by Crippen LogP contribution is -2.63. The van der Waals surface area contributed by atoms with Gasteiger partial charge in [-0.15, -0.1) is 6.42 Å². The number of carboxylic acids is 1. The summed E-state index contributed by atoms with van der Waals surface area (Å²) in [6.45, 7) is 5.54. The number of aliphatic carboxylic acids is 1. The van der Waals surface area contributed by atoms with Crippen LogP contribution in [0.4, 0.5) is 0 Å². The minimum Gasteiger partial charge on any atom is -0.495 e. The smallest absolute Gasteiger partial charge is 0.314 e. The average molecular weight is 471 g/mol. The maximum absolute atomic E-state index is 13.2. The van der Waals surface area contributed by atoms with Crippen molar-refractivity contribution >= 4 is 34.4 Å². The Kier molecular flexibility index (Phi) is 6.64. The van der Waals surface area contributed by atoms with E-state index in [1.54, 1.807) is 49.7 Å². The van der Waals surface area contributed by atoms with Crippen LogP contribution in [0.2, 0.25) is 5.02 Å². The number of allylic oxidation sites excluding steroid dienone is 2. The molecule has 3 rings (SSSR count). The predicted molar refractivity (Wildman–Crippen MR) is 128 cm³/mol. The number of carboxylic acid groups (broad SMARTS) is 1. The number of aryl methyl sites for hydroxylation is 1. The quantitative estimate of drug-likeness (QED) is 0.472. The van der Waals surface area contributed by atoms with Gasteiger partial charge in [0.2, 0.25) is 0 Å². The topological polar surface area (TPSA) is 89.8 Å². The molecular weight excluding hydrogens is 444 g/mol. The molecule has 0 spiro atoms. The number of carbonyl (C=O) groups is 2. The fraction of sp³-hybridized carbons (Fsp3) is 0.360. The van der Waals surface area contributed by atoms with Gasteiger partial charge in [0.15, 0.2) is 0 Å². The number of hydrogen-bond donors (Lipinski definition) is 2. The highest BCUT2D eigenvalue weighted by molar-refractivity contribution is 6.37. The van der Waals surface area contributed by atoms with Crippen LogP contribution in [0.3, 0.4) is 0 Å². The van der Waals surface area contributed by atoms with Crippen molar-refractivity contribution in [2.24, 2.45) is 12.5 Å². The van der Waals surface area contributed by atoms with Crippen molar-refractivity contribution in [3.63, 3.8) is 0 Å². The van der Waals surface area contributed by atoms with Crippen LogP contribution in [-0.2, 0) is 16.6 Å². The van der Waals surface area contributed by atoms with Crippen LogP contribution < -0.4 is 10.1 Å². The number of terminal acetylenes is 1. The predicted octanol–water partition coefficient (Wildman–Crippen LogP) is 3.96. The molecule has 1 aliphatic rings. The lowest BCUT2D eigenvalue weighted by Gasteiger charge is -2.43. The normalized spacial score (nSPS) is 16.2. The number of benzene rings is 1. The largest absolute Gasteiger partial charge is 0.495 e. The van der Waals surface area contributed by atoms with Crippen LogP contribution >= 0.6 is 11.6 Å². The van der Waals surface area contributed by atoms with E-state index in [1.807, 2.05) is 13.0 Å². The number of ether oxygens (including phenoxy) is 2. The third kappa shape index (κ3) is 4.24. The number of hydrogen-bond acceptors (Lipinski definition) is 4. The lowest BCUT2D eigenvalue weighted by atomic mass is 9.83. The number of nitrogens with zero attached hydrogens (tertiary/aromatic N) is 1. The Balaban J connectivity index is 1.92.